The fraction of sp³-hybridized carbons (Fsp3) is 0.542. The lowest BCUT2D eigenvalue weighted by Gasteiger charge is -2.07. The highest BCUT2D eigenvalue weighted by Crippen LogP contribution is 2.27. The van der Waals surface area contributed by atoms with E-state index in [4.69, 9.17) is 0 Å². The summed E-state index contributed by atoms with van der Waals surface area (Å²) in [5.41, 5.74) is 0. The van der Waals surface area contributed by atoms with E-state index in [0.29, 0.717) is 6.42 Å². The van der Waals surface area contributed by atoms with Crippen molar-refractivity contribution in [1.82, 2.24) is 0 Å². The Morgan fingerprint density at radius 3 is 1.93 bits per heavy atom. The maximum absolute atomic E-state index is 13.5. The van der Waals surface area contributed by atoms with Crippen LogP contribution in [-0.4, -0.2) is 5.97 Å². The molecule has 0 saturated heterocycles. The topological polar surface area (TPSA) is 26.3 Å². The van der Waals surface area contributed by atoms with Crippen molar-refractivity contribution in [3.63, 3.8) is 0 Å². The summed E-state index contributed by atoms with van der Waals surface area (Å²) in [7, 11) is 0. The first-order valence-corrected chi connectivity index (χ1v) is 10.8. The van der Waals surface area contributed by atoms with Crippen LogP contribution in [0.25, 0.3) is 0 Å². The van der Waals surface area contributed by atoms with Crippen molar-refractivity contribution in [2.24, 2.45) is 0 Å². The second-order valence-electron chi connectivity index (χ2n) is 7.25. The van der Waals surface area contributed by atoms with Crippen LogP contribution in [0, 0.1) is 23.3 Å². The third kappa shape index (κ3) is 10.6. The Labute approximate surface area is 177 Å². The standard InChI is InChI=1S/C24H32F4O2/c1-2-3-4-5-6-7-8-9-10-11-12-13-14-15-16-17-21(29)30-24-22(27)19(25)18-20(26)23(24)28/h6-7,9-10,18H,2-5,8,11-17H2,1H3/b7-6-,10-9-. The van der Waals surface area contributed by atoms with Crippen LogP contribution < -0.4 is 4.74 Å². The van der Waals surface area contributed by atoms with Gasteiger partial charge in [0.05, 0.1) is 0 Å². The fourth-order valence-corrected chi connectivity index (χ4v) is 2.89. The molecule has 0 fully saturated rings. The summed E-state index contributed by atoms with van der Waals surface area (Å²) < 4.78 is 57.6. The third-order valence-corrected chi connectivity index (χ3v) is 4.62. The van der Waals surface area contributed by atoms with Crippen molar-refractivity contribution in [2.75, 3.05) is 0 Å². The molecule has 0 saturated carbocycles. The molecule has 0 aliphatic rings. The van der Waals surface area contributed by atoms with Gasteiger partial charge in [-0.15, -0.1) is 0 Å². The van der Waals surface area contributed by atoms with Gasteiger partial charge >= 0.3 is 5.97 Å². The van der Waals surface area contributed by atoms with Crippen LogP contribution in [0.2, 0.25) is 0 Å². The van der Waals surface area contributed by atoms with Crippen molar-refractivity contribution >= 4 is 5.97 Å². The molecule has 30 heavy (non-hydrogen) atoms. The Balaban J connectivity index is 2.08. The molecule has 1 rings (SSSR count). The van der Waals surface area contributed by atoms with Gasteiger partial charge in [0, 0.05) is 12.5 Å². The van der Waals surface area contributed by atoms with Crippen molar-refractivity contribution in [3.8, 4) is 5.75 Å². The minimum absolute atomic E-state index is 0.0680. The summed E-state index contributed by atoms with van der Waals surface area (Å²) >= 11 is 0. The largest absolute Gasteiger partial charge is 0.420 e. The summed E-state index contributed by atoms with van der Waals surface area (Å²) in [6.07, 6.45) is 19.9. The second kappa shape index (κ2) is 15.7. The van der Waals surface area contributed by atoms with Gasteiger partial charge in [0.25, 0.3) is 0 Å². The molecule has 0 atom stereocenters. The van der Waals surface area contributed by atoms with Gasteiger partial charge in [0.15, 0.2) is 11.6 Å². The summed E-state index contributed by atoms with van der Waals surface area (Å²) in [5.74, 6) is -8.85. The van der Waals surface area contributed by atoms with Crippen LogP contribution in [0.1, 0.15) is 84.0 Å². The van der Waals surface area contributed by atoms with E-state index in [-0.39, 0.29) is 12.5 Å². The maximum Gasteiger partial charge on any atom is 0.311 e. The van der Waals surface area contributed by atoms with E-state index in [1.54, 1.807) is 0 Å². The molecule has 1 aromatic carbocycles. The van der Waals surface area contributed by atoms with E-state index in [2.05, 4.69) is 36.0 Å². The molecule has 6 heteroatoms. The van der Waals surface area contributed by atoms with Crippen LogP contribution >= 0.6 is 0 Å². The van der Waals surface area contributed by atoms with Crippen LogP contribution in [0.15, 0.2) is 30.4 Å². The lowest BCUT2D eigenvalue weighted by molar-refractivity contribution is -0.135. The third-order valence-electron chi connectivity index (χ3n) is 4.62. The Kier molecular flexibility index (Phi) is 13.6. The molecule has 1 aromatic rings. The fourth-order valence-electron chi connectivity index (χ4n) is 2.89. The SMILES string of the molecule is CCCCC/C=C\C/C=C\CCCCCCCC(=O)Oc1c(F)c(F)cc(F)c1F. The molecule has 168 valence electrons. The summed E-state index contributed by atoms with van der Waals surface area (Å²) in [4.78, 5) is 11.7. The van der Waals surface area contributed by atoms with Crippen LogP contribution in [0.3, 0.4) is 0 Å². The molecule has 0 aliphatic heterocycles. The molecule has 0 heterocycles. The number of allylic oxidation sites excluding steroid dienone is 4. The first-order chi connectivity index (χ1) is 14.5. The lowest BCUT2D eigenvalue weighted by Crippen LogP contribution is -2.11. The Bertz CT molecular complexity index is 673. The minimum atomic E-state index is -1.71. The van der Waals surface area contributed by atoms with Gasteiger partial charge in [-0.25, -0.2) is 8.78 Å². The van der Waals surface area contributed by atoms with Crippen LogP contribution in [0.5, 0.6) is 5.75 Å². The van der Waals surface area contributed by atoms with E-state index in [1.165, 1.54) is 19.3 Å². The van der Waals surface area contributed by atoms with Gasteiger partial charge in [-0.1, -0.05) is 63.3 Å². The van der Waals surface area contributed by atoms with Gasteiger partial charge < -0.3 is 4.74 Å². The number of unbranched alkanes of at least 4 members (excludes halogenated alkanes) is 8. The number of benzene rings is 1. The van der Waals surface area contributed by atoms with E-state index in [9.17, 15) is 22.4 Å². The molecule has 0 radical (unpaired) electrons. The van der Waals surface area contributed by atoms with E-state index >= 15 is 0 Å². The molecule has 0 unspecified atom stereocenters. The average Bonchev–Trinajstić information content (AvgIpc) is 2.72. The van der Waals surface area contributed by atoms with Crippen molar-refractivity contribution in [1.29, 1.82) is 0 Å². The van der Waals surface area contributed by atoms with E-state index in [0.717, 1.165) is 44.9 Å². The zero-order chi connectivity index (χ0) is 22.2. The van der Waals surface area contributed by atoms with Gasteiger partial charge in [-0.05, 0) is 38.5 Å². The highest BCUT2D eigenvalue weighted by molar-refractivity contribution is 5.72. The van der Waals surface area contributed by atoms with Gasteiger partial charge in [-0.3, -0.25) is 4.79 Å². The molecule has 2 nitrogen and oxygen atoms in total. The molecule has 0 bridgehead atoms. The highest BCUT2D eigenvalue weighted by Gasteiger charge is 2.22. The second-order valence-corrected chi connectivity index (χ2v) is 7.25. The Morgan fingerprint density at radius 1 is 0.800 bits per heavy atom. The molecule has 0 amide bonds. The zero-order valence-electron chi connectivity index (χ0n) is 17.7. The minimum Gasteiger partial charge on any atom is -0.420 e. The number of carbonyl (C=O) groups is 1. The van der Waals surface area contributed by atoms with Crippen LogP contribution in [-0.2, 0) is 4.79 Å². The summed E-state index contributed by atoms with van der Waals surface area (Å²) in [6.45, 7) is 2.20. The average molecular weight is 429 g/mol. The molecule has 0 spiro atoms. The number of hydrogen-bond donors (Lipinski definition) is 0. The van der Waals surface area contributed by atoms with Gasteiger partial charge in [0.1, 0.15) is 0 Å². The monoisotopic (exact) mass is 428 g/mol. The zero-order valence-corrected chi connectivity index (χ0v) is 17.7. The number of rotatable bonds is 15. The predicted molar refractivity (Wildman–Crippen MR) is 111 cm³/mol. The molecule has 0 aliphatic carbocycles. The molecular weight excluding hydrogens is 396 g/mol. The summed E-state index contributed by atoms with van der Waals surface area (Å²) in [5, 5.41) is 0. The highest BCUT2D eigenvalue weighted by atomic mass is 19.2. The lowest BCUT2D eigenvalue weighted by atomic mass is 10.1. The van der Waals surface area contributed by atoms with E-state index in [1.807, 2.05) is 0 Å². The van der Waals surface area contributed by atoms with Gasteiger partial charge in [-0.2, -0.15) is 8.78 Å². The number of halogens is 4. The maximum atomic E-state index is 13.5. The van der Waals surface area contributed by atoms with Gasteiger partial charge in [0.2, 0.25) is 17.4 Å². The Hall–Kier alpha value is -2.11. The van der Waals surface area contributed by atoms with Crippen molar-refractivity contribution in [3.05, 3.63) is 53.6 Å². The summed E-state index contributed by atoms with van der Waals surface area (Å²) in [6, 6.07) is 0.0720. The number of hydrogen-bond acceptors (Lipinski definition) is 2. The number of carbonyl (C=O) groups excluding carboxylic acids is 1. The van der Waals surface area contributed by atoms with Crippen molar-refractivity contribution in [2.45, 2.75) is 84.0 Å². The smallest absolute Gasteiger partial charge is 0.311 e. The molecule has 0 aromatic heterocycles. The van der Waals surface area contributed by atoms with Crippen molar-refractivity contribution < 1.29 is 27.1 Å². The number of esters is 1. The van der Waals surface area contributed by atoms with E-state index < -0.39 is 35.0 Å². The molecular formula is C24H32F4O2. The quantitative estimate of drug-likeness (QED) is 0.0707. The number of ether oxygens (including phenoxy) is 1. The first kappa shape index (κ1) is 25.9. The first-order valence-electron chi connectivity index (χ1n) is 10.8. The Morgan fingerprint density at radius 2 is 1.33 bits per heavy atom. The predicted octanol–water partition coefficient (Wildman–Crippen LogP) is 7.96. The normalized spacial score (nSPS) is 11.6. The van der Waals surface area contributed by atoms with Crippen LogP contribution in [0.4, 0.5) is 17.6 Å². The molecule has 0 N–H and O–H groups in total.